The summed E-state index contributed by atoms with van der Waals surface area (Å²) in [6, 6.07) is 19.0. The number of fused-ring (bicyclic) bond motifs is 2. The largest absolute Gasteiger partial charge is 0.444 e. The van der Waals surface area contributed by atoms with Crippen LogP contribution in [0.3, 0.4) is 0 Å². The molecule has 4 heterocycles. The average molecular weight is 979 g/mol. The number of halogens is 5. The van der Waals surface area contributed by atoms with E-state index in [1.165, 1.54) is 0 Å². The van der Waals surface area contributed by atoms with Crippen LogP contribution in [-0.4, -0.2) is 63.8 Å². The second kappa shape index (κ2) is 18.5. The molecule has 10 nitrogen and oxygen atoms in total. The van der Waals surface area contributed by atoms with Crippen LogP contribution >= 0.6 is 77.7 Å². The molecule has 2 aromatic heterocycles. The summed E-state index contributed by atoms with van der Waals surface area (Å²) < 4.78 is 11.0. The first kappa shape index (κ1) is 41.2. The first-order valence-corrected chi connectivity index (χ1v) is 20.7. The summed E-state index contributed by atoms with van der Waals surface area (Å²) in [6.07, 6.45) is 1.02. The first-order chi connectivity index (χ1) is 24.3. The molecule has 0 bridgehead atoms. The number of nitrogens with one attached hydrogen (secondary N) is 3. The molecular weight excluding hydrogens is 938 g/mol. The van der Waals surface area contributed by atoms with Crippen LogP contribution in [0, 0.1) is 0 Å². The van der Waals surface area contributed by atoms with Crippen molar-refractivity contribution in [3.05, 3.63) is 91.3 Å². The van der Waals surface area contributed by atoms with E-state index in [4.69, 9.17) is 33.7 Å². The predicted octanol–water partition coefficient (Wildman–Crippen LogP) is 9.03. The lowest BCUT2D eigenvalue weighted by atomic mass is 10.1. The lowest BCUT2D eigenvalue weighted by molar-refractivity contribution is 0.0523. The maximum atomic E-state index is 12.4. The van der Waals surface area contributed by atoms with E-state index in [9.17, 15) is 14.4 Å². The molecule has 3 amide bonds. The van der Waals surface area contributed by atoms with Crippen molar-refractivity contribution in [2.24, 2.45) is 5.73 Å². The minimum atomic E-state index is -0.536. The molecule has 0 fully saturated rings. The number of hydrogen-bond donors (Lipinski definition) is 4. The van der Waals surface area contributed by atoms with Gasteiger partial charge in [0.2, 0.25) is 0 Å². The minimum absolute atomic E-state index is 0.00458. The fraction of sp³-hybridized carbons (Fsp3) is 0.361. The minimum Gasteiger partial charge on any atom is -0.444 e. The first-order valence-electron chi connectivity index (χ1n) is 16.2. The van der Waals surface area contributed by atoms with Gasteiger partial charge in [-0.25, -0.2) is 4.79 Å². The Kier molecular flexibility index (Phi) is 14.9. The van der Waals surface area contributed by atoms with Crippen molar-refractivity contribution < 1.29 is 19.1 Å². The number of amides is 3. The number of alkyl carbamates (subject to hydrolysis) is 1. The molecule has 0 aliphatic carbocycles. The molecule has 2 atom stereocenters. The third-order valence-electron chi connectivity index (χ3n) is 8.06. The highest BCUT2D eigenvalue weighted by molar-refractivity contribution is 14.1. The van der Waals surface area contributed by atoms with Crippen LogP contribution in [0.2, 0.25) is 10.0 Å². The van der Waals surface area contributed by atoms with E-state index in [0.717, 1.165) is 37.9 Å². The van der Waals surface area contributed by atoms with E-state index in [1.807, 2.05) is 95.5 Å². The van der Waals surface area contributed by atoms with Gasteiger partial charge < -0.3 is 35.6 Å². The summed E-state index contributed by atoms with van der Waals surface area (Å²) >= 11 is 21.6. The molecule has 0 saturated heterocycles. The van der Waals surface area contributed by atoms with Crippen LogP contribution in [0.4, 0.5) is 4.79 Å². The fourth-order valence-corrected chi connectivity index (χ4v) is 7.91. The smallest absolute Gasteiger partial charge is 0.407 e. The SMILES string of the molecule is CC(C)(C)OC(=O)NCCC1CNC(=O)c2cc(-c3cccc(Cl)c3)c(Br)n21.CI.NCCC1CNC(=O)c2cc(-c3cccc(Cl)c3)c(Br)n21. The second-order valence-corrected chi connectivity index (χ2v) is 15.1. The highest BCUT2D eigenvalue weighted by Crippen LogP contribution is 2.38. The summed E-state index contributed by atoms with van der Waals surface area (Å²) in [7, 11) is 0. The van der Waals surface area contributed by atoms with Crippen molar-refractivity contribution in [1.82, 2.24) is 25.1 Å². The highest BCUT2D eigenvalue weighted by Gasteiger charge is 2.30. The molecule has 15 heteroatoms. The molecule has 6 rings (SSSR count). The van der Waals surface area contributed by atoms with Crippen molar-refractivity contribution >= 4 is 95.6 Å². The third kappa shape index (κ3) is 10.3. The van der Waals surface area contributed by atoms with Gasteiger partial charge in [-0.2, -0.15) is 0 Å². The van der Waals surface area contributed by atoms with Crippen molar-refractivity contribution in [3.63, 3.8) is 0 Å². The quantitative estimate of drug-likeness (QED) is 0.109. The number of ether oxygens (including phenoxy) is 1. The van der Waals surface area contributed by atoms with Crippen LogP contribution in [0.1, 0.15) is 66.7 Å². The van der Waals surface area contributed by atoms with Gasteiger partial charge in [0.15, 0.2) is 0 Å². The van der Waals surface area contributed by atoms with E-state index in [1.54, 1.807) is 0 Å². The molecule has 0 spiro atoms. The number of carbonyl (C=O) groups excluding carboxylic acids is 3. The second-order valence-electron chi connectivity index (χ2n) is 12.8. The number of hydrogen-bond acceptors (Lipinski definition) is 5. The Balaban J connectivity index is 0.000000226. The predicted molar refractivity (Wildman–Crippen MR) is 220 cm³/mol. The van der Waals surface area contributed by atoms with Gasteiger partial charge >= 0.3 is 6.09 Å². The van der Waals surface area contributed by atoms with Gasteiger partial charge in [-0.05, 0) is 124 Å². The zero-order valence-electron chi connectivity index (χ0n) is 28.7. The van der Waals surface area contributed by atoms with Crippen LogP contribution in [0.25, 0.3) is 22.3 Å². The summed E-state index contributed by atoms with van der Waals surface area (Å²) in [6.45, 7) is 7.58. The van der Waals surface area contributed by atoms with Crippen LogP contribution in [-0.2, 0) is 4.74 Å². The molecule has 274 valence electrons. The number of nitrogens with zero attached hydrogens (tertiary/aromatic N) is 2. The molecule has 0 saturated carbocycles. The Bertz CT molecular complexity index is 1880. The van der Waals surface area contributed by atoms with E-state index >= 15 is 0 Å². The standard InChI is InChI=1S/C20H23BrClN3O3.C15H15BrClN3O.CH3I/c1-20(2,3)28-19(27)23-8-7-14-11-24-18(26)16-10-15(17(21)25(14)16)12-5-4-6-13(22)9-12;16-14-12(9-2-1-3-10(17)6-9)7-13-15(21)19-8-11(4-5-18)20(13)14;1-2/h4-6,9-10,14H,7-8,11H2,1-3H3,(H,23,27)(H,24,26);1-3,6-7,11H,4-5,8,18H2,(H,19,21);1H3. The number of alkyl halides is 1. The maximum absolute atomic E-state index is 12.4. The zero-order valence-corrected chi connectivity index (χ0v) is 35.5. The summed E-state index contributed by atoms with van der Waals surface area (Å²) in [5.74, 6) is -0.178. The summed E-state index contributed by atoms with van der Waals surface area (Å²) in [5, 5.41) is 9.91. The van der Waals surface area contributed by atoms with E-state index in [0.29, 0.717) is 54.0 Å². The molecule has 4 aromatic rings. The maximum Gasteiger partial charge on any atom is 0.407 e. The zero-order chi connectivity index (χ0) is 37.5. The molecule has 5 N–H and O–H groups in total. The van der Waals surface area contributed by atoms with Gasteiger partial charge in [0.1, 0.15) is 17.0 Å². The van der Waals surface area contributed by atoms with E-state index < -0.39 is 11.7 Å². The van der Waals surface area contributed by atoms with Crippen LogP contribution in [0.15, 0.2) is 69.9 Å². The number of carbonyl (C=O) groups is 3. The monoisotopic (exact) mass is 976 g/mol. The van der Waals surface area contributed by atoms with Crippen molar-refractivity contribution in [1.29, 1.82) is 0 Å². The van der Waals surface area contributed by atoms with Gasteiger partial charge in [0, 0.05) is 40.8 Å². The Morgan fingerprint density at radius 3 is 1.73 bits per heavy atom. The number of aromatic nitrogens is 2. The summed E-state index contributed by atoms with van der Waals surface area (Å²) in [4.78, 5) is 38.3. The topological polar surface area (TPSA) is 132 Å². The van der Waals surface area contributed by atoms with Crippen LogP contribution < -0.4 is 21.7 Å². The summed E-state index contributed by atoms with van der Waals surface area (Å²) in [5.41, 5.74) is 10.2. The van der Waals surface area contributed by atoms with Gasteiger partial charge in [0.05, 0.1) is 21.3 Å². The molecular formula is C36H41Br2Cl2IN6O4. The molecule has 51 heavy (non-hydrogen) atoms. The highest BCUT2D eigenvalue weighted by atomic mass is 127. The Hall–Kier alpha value is -2.56. The molecule has 2 aliphatic rings. The average Bonchev–Trinajstić information content (AvgIpc) is 3.62. The molecule has 2 aliphatic heterocycles. The number of benzene rings is 2. The van der Waals surface area contributed by atoms with Gasteiger partial charge in [-0.3, -0.25) is 9.59 Å². The molecule has 2 aromatic carbocycles. The van der Waals surface area contributed by atoms with E-state index in [2.05, 4.69) is 70.4 Å². The van der Waals surface area contributed by atoms with Crippen molar-refractivity contribution in [3.8, 4) is 22.3 Å². The van der Waals surface area contributed by atoms with Crippen LogP contribution in [0.5, 0.6) is 0 Å². The lowest BCUT2D eigenvalue weighted by Crippen LogP contribution is -2.40. The normalized spacial score (nSPS) is 16.3. The molecule has 2 unspecified atom stereocenters. The Morgan fingerprint density at radius 2 is 1.31 bits per heavy atom. The number of nitrogens with two attached hydrogens (primary N) is 1. The Morgan fingerprint density at radius 1 is 0.863 bits per heavy atom. The van der Waals surface area contributed by atoms with Gasteiger partial charge in [0.25, 0.3) is 11.8 Å². The third-order valence-corrected chi connectivity index (χ3v) is 10.1. The van der Waals surface area contributed by atoms with Crippen molar-refractivity contribution in [2.75, 3.05) is 31.1 Å². The van der Waals surface area contributed by atoms with Crippen molar-refractivity contribution in [2.45, 2.75) is 51.3 Å². The van der Waals surface area contributed by atoms with E-state index in [-0.39, 0.29) is 23.9 Å². The number of rotatable bonds is 7. The van der Waals surface area contributed by atoms with Gasteiger partial charge in [-0.1, -0.05) is 70.1 Å². The fourth-order valence-electron chi connectivity index (χ4n) is 5.88. The lowest BCUT2D eigenvalue weighted by Gasteiger charge is -2.28. The Labute approximate surface area is 338 Å². The molecule has 0 radical (unpaired) electrons. The van der Waals surface area contributed by atoms with Gasteiger partial charge in [-0.15, -0.1) is 0 Å².